The van der Waals surface area contributed by atoms with E-state index >= 15 is 0 Å². The van der Waals surface area contributed by atoms with Gasteiger partial charge in [-0.1, -0.05) is 19.1 Å². The summed E-state index contributed by atoms with van der Waals surface area (Å²) in [4.78, 5) is 23.2. The molecule has 0 atom stereocenters. The molecule has 0 aliphatic heterocycles. The molecule has 0 spiro atoms. The largest absolute Gasteiger partial charge is 0.507 e. The lowest BCUT2D eigenvalue weighted by atomic mass is 10.0. The van der Waals surface area contributed by atoms with E-state index < -0.39 is 11.6 Å². The van der Waals surface area contributed by atoms with Crippen LogP contribution in [-0.4, -0.2) is 23.0 Å². The van der Waals surface area contributed by atoms with Crippen molar-refractivity contribution in [3.63, 3.8) is 0 Å². The predicted octanol–water partition coefficient (Wildman–Crippen LogP) is 3.70. The average molecular weight is 286 g/mol. The summed E-state index contributed by atoms with van der Waals surface area (Å²) in [5.41, 5.74) is 0.127. The summed E-state index contributed by atoms with van der Waals surface area (Å²) in [7, 11) is 0. The van der Waals surface area contributed by atoms with Gasteiger partial charge in [-0.15, -0.1) is 0 Å². The van der Waals surface area contributed by atoms with Crippen LogP contribution in [0.2, 0.25) is 0 Å². The highest BCUT2D eigenvalue weighted by molar-refractivity contribution is 6.03. The maximum atomic E-state index is 12.1. The molecule has 0 saturated heterocycles. The monoisotopic (exact) mass is 286 g/mol. The van der Waals surface area contributed by atoms with Crippen LogP contribution in [0, 0.1) is 0 Å². The minimum atomic E-state index is -0.519. The molecule has 110 valence electrons. The number of phenols is 1. The first-order valence-corrected chi connectivity index (χ1v) is 6.82. The molecule has 2 rings (SSSR count). The van der Waals surface area contributed by atoms with E-state index in [0.717, 1.165) is 6.42 Å². The second-order valence-electron chi connectivity index (χ2n) is 5.55. The minimum Gasteiger partial charge on any atom is -0.507 e. The number of hydrogen-bond acceptors (Lipinski definition) is 4. The molecule has 2 aromatic rings. The molecule has 0 saturated carbocycles. The number of esters is 1. The number of benzene rings is 2. The zero-order valence-corrected chi connectivity index (χ0v) is 12.3. The summed E-state index contributed by atoms with van der Waals surface area (Å²) in [6, 6.07) is 8.02. The van der Waals surface area contributed by atoms with Gasteiger partial charge < -0.3 is 9.84 Å². The Morgan fingerprint density at radius 2 is 2.00 bits per heavy atom. The van der Waals surface area contributed by atoms with Crippen molar-refractivity contribution in [2.45, 2.75) is 32.8 Å². The molecule has 0 amide bonds. The van der Waals surface area contributed by atoms with E-state index in [1.54, 1.807) is 24.3 Å². The van der Waals surface area contributed by atoms with Crippen molar-refractivity contribution in [2.24, 2.45) is 0 Å². The first-order chi connectivity index (χ1) is 9.88. The fourth-order valence-electron chi connectivity index (χ4n) is 1.98. The van der Waals surface area contributed by atoms with Crippen molar-refractivity contribution in [1.82, 2.24) is 0 Å². The van der Waals surface area contributed by atoms with Crippen molar-refractivity contribution in [1.29, 1.82) is 0 Å². The number of hydrogen-bond donors (Lipinski definition) is 1. The molecule has 21 heavy (non-hydrogen) atoms. The van der Waals surface area contributed by atoms with Crippen LogP contribution in [0.5, 0.6) is 5.75 Å². The van der Waals surface area contributed by atoms with Gasteiger partial charge in [0.15, 0.2) is 6.29 Å². The first-order valence-electron chi connectivity index (χ1n) is 6.82. The molecule has 0 aliphatic rings. The quantitative estimate of drug-likeness (QED) is 0.687. The zero-order valence-electron chi connectivity index (χ0n) is 12.3. The Hall–Kier alpha value is -2.36. The lowest BCUT2D eigenvalue weighted by molar-refractivity contribution is -0.00242. The lowest BCUT2D eigenvalue weighted by Crippen LogP contribution is -2.27. The fourth-order valence-corrected chi connectivity index (χ4v) is 1.98. The van der Waals surface area contributed by atoms with Crippen molar-refractivity contribution >= 4 is 23.0 Å². The highest BCUT2D eigenvalue weighted by atomic mass is 16.6. The van der Waals surface area contributed by atoms with Crippen LogP contribution in [0.4, 0.5) is 0 Å². The molecule has 0 radical (unpaired) electrons. The second-order valence-corrected chi connectivity index (χ2v) is 5.55. The molecule has 4 heteroatoms. The number of ether oxygens (including phenoxy) is 1. The van der Waals surface area contributed by atoms with Gasteiger partial charge in [-0.3, -0.25) is 4.79 Å². The number of aromatic hydroxyl groups is 1. The molecule has 0 heterocycles. The number of carbonyl (C=O) groups is 2. The number of aldehydes is 1. The van der Waals surface area contributed by atoms with Crippen molar-refractivity contribution in [2.75, 3.05) is 0 Å². The first kappa shape index (κ1) is 15.0. The fraction of sp³-hybridized carbons (Fsp3) is 0.294. The van der Waals surface area contributed by atoms with E-state index in [1.807, 2.05) is 20.8 Å². The molecule has 0 fully saturated rings. The van der Waals surface area contributed by atoms with Crippen molar-refractivity contribution < 1.29 is 19.4 Å². The van der Waals surface area contributed by atoms with Crippen molar-refractivity contribution in [3.05, 3.63) is 41.5 Å². The smallest absolute Gasteiger partial charge is 0.338 e. The Labute approximate surface area is 123 Å². The third-order valence-corrected chi connectivity index (χ3v) is 3.61. The van der Waals surface area contributed by atoms with Gasteiger partial charge in [0.25, 0.3) is 0 Å². The van der Waals surface area contributed by atoms with Gasteiger partial charge in [0, 0.05) is 0 Å². The zero-order chi connectivity index (χ0) is 15.6. The summed E-state index contributed by atoms with van der Waals surface area (Å²) in [6.07, 6.45) is 1.32. The van der Waals surface area contributed by atoms with Gasteiger partial charge in [-0.2, -0.15) is 0 Å². The molecule has 4 nitrogen and oxygen atoms in total. The summed E-state index contributed by atoms with van der Waals surface area (Å²) < 4.78 is 5.44. The Kier molecular flexibility index (Phi) is 3.98. The third kappa shape index (κ3) is 3.05. The van der Waals surface area contributed by atoms with Crippen LogP contribution >= 0.6 is 0 Å². The van der Waals surface area contributed by atoms with Crippen LogP contribution in [-0.2, 0) is 4.74 Å². The predicted molar refractivity (Wildman–Crippen MR) is 80.8 cm³/mol. The molecule has 0 bridgehead atoms. The number of phenolic OH excluding ortho intramolecular Hbond substituents is 1. The minimum absolute atomic E-state index is 0.0695. The van der Waals surface area contributed by atoms with Crippen LogP contribution in [0.15, 0.2) is 30.3 Å². The van der Waals surface area contributed by atoms with E-state index in [0.29, 0.717) is 22.6 Å². The number of fused-ring (bicyclic) bond motifs is 1. The van der Waals surface area contributed by atoms with Crippen LogP contribution < -0.4 is 0 Å². The van der Waals surface area contributed by atoms with Gasteiger partial charge >= 0.3 is 5.97 Å². The maximum Gasteiger partial charge on any atom is 0.338 e. The van der Waals surface area contributed by atoms with Crippen LogP contribution in [0.25, 0.3) is 10.8 Å². The maximum absolute atomic E-state index is 12.1. The van der Waals surface area contributed by atoms with Crippen LogP contribution in [0.3, 0.4) is 0 Å². The summed E-state index contributed by atoms with van der Waals surface area (Å²) >= 11 is 0. The Morgan fingerprint density at radius 3 is 2.62 bits per heavy atom. The Morgan fingerprint density at radius 1 is 1.29 bits per heavy atom. The van der Waals surface area contributed by atoms with Crippen molar-refractivity contribution in [3.8, 4) is 5.75 Å². The molecular formula is C17H18O4. The van der Waals surface area contributed by atoms with Crippen LogP contribution in [0.1, 0.15) is 47.9 Å². The summed E-state index contributed by atoms with van der Waals surface area (Å²) in [6.45, 7) is 5.66. The molecular weight excluding hydrogens is 268 g/mol. The summed E-state index contributed by atoms with van der Waals surface area (Å²) in [5.74, 6) is -0.468. The standard InChI is InChI=1S/C17H18O4/c1-4-17(2,3)21-16(20)12-5-7-13-11(9-12)6-8-15(19)14(13)10-18/h5-10,19H,4H2,1-3H3. The lowest BCUT2D eigenvalue weighted by Gasteiger charge is -2.23. The van der Waals surface area contributed by atoms with Gasteiger partial charge in [0.1, 0.15) is 11.4 Å². The molecule has 0 aromatic heterocycles. The van der Waals surface area contributed by atoms with E-state index in [2.05, 4.69) is 0 Å². The highest BCUT2D eigenvalue weighted by Crippen LogP contribution is 2.27. The van der Waals surface area contributed by atoms with E-state index in [-0.39, 0.29) is 11.3 Å². The molecule has 0 aliphatic carbocycles. The number of carbonyl (C=O) groups excluding carboxylic acids is 2. The van der Waals surface area contributed by atoms with Gasteiger partial charge in [-0.25, -0.2) is 4.79 Å². The van der Waals surface area contributed by atoms with E-state index in [4.69, 9.17) is 4.74 Å². The van der Waals surface area contributed by atoms with Gasteiger partial charge in [0.05, 0.1) is 11.1 Å². The number of rotatable bonds is 4. The normalized spacial score (nSPS) is 11.4. The SMILES string of the molecule is CCC(C)(C)OC(=O)c1ccc2c(C=O)c(O)ccc2c1. The topological polar surface area (TPSA) is 63.6 Å². The molecule has 0 unspecified atom stereocenters. The van der Waals surface area contributed by atoms with E-state index in [1.165, 1.54) is 6.07 Å². The second kappa shape index (κ2) is 5.56. The highest BCUT2D eigenvalue weighted by Gasteiger charge is 2.21. The summed E-state index contributed by atoms with van der Waals surface area (Å²) in [5, 5.41) is 11.0. The average Bonchev–Trinajstić information content (AvgIpc) is 2.46. The Bertz CT molecular complexity index is 701. The van der Waals surface area contributed by atoms with Gasteiger partial charge in [0.2, 0.25) is 0 Å². The molecule has 2 aromatic carbocycles. The van der Waals surface area contributed by atoms with E-state index in [9.17, 15) is 14.7 Å². The Balaban J connectivity index is 2.42. The molecule has 1 N–H and O–H groups in total. The third-order valence-electron chi connectivity index (χ3n) is 3.61. The van der Waals surface area contributed by atoms with Gasteiger partial charge in [-0.05, 0) is 49.2 Å².